The number of hydrogen-bond acceptors (Lipinski definition) is 2. The molecular weight excluding hydrogens is 172 g/mol. The van der Waals surface area contributed by atoms with Gasteiger partial charge in [-0.1, -0.05) is 30.9 Å². The van der Waals surface area contributed by atoms with E-state index in [4.69, 9.17) is 0 Å². The molecule has 0 amide bonds. The van der Waals surface area contributed by atoms with Gasteiger partial charge < -0.3 is 10.6 Å². The zero-order chi connectivity index (χ0) is 10.4. The molecule has 0 spiro atoms. The molecule has 1 aromatic rings. The molecule has 0 saturated carbocycles. The van der Waals surface area contributed by atoms with E-state index in [1.807, 2.05) is 26.2 Å². The Kier molecular flexibility index (Phi) is 3.80. The number of nitrogens with one attached hydrogen (secondary N) is 2. The summed E-state index contributed by atoms with van der Waals surface area (Å²) in [6.07, 6.45) is 5.71. The predicted molar refractivity (Wildman–Crippen MR) is 64.8 cm³/mol. The van der Waals surface area contributed by atoms with Crippen LogP contribution in [0.4, 0.5) is 11.4 Å². The number of anilines is 2. The van der Waals surface area contributed by atoms with E-state index in [1.165, 1.54) is 0 Å². The fraction of sp³-hybridized carbons (Fsp3) is 0.167. The predicted octanol–water partition coefficient (Wildman–Crippen LogP) is 2.97. The Bertz CT molecular complexity index is 340. The molecule has 0 aliphatic rings. The summed E-state index contributed by atoms with van der Waals surface area (Å²) in [5, 5.41) is 6.26. The minimum Gasteiger partial charge on any atom is -0.386 e. The Morgan fingerprint density at radius 2 is 1.86 bits per heavy atom. The highest BCUT2D eigenvalue weighted by molar-refractivity contribution is 5.72. The van der Waals surface area contributed by atoms with Gasteiger partial charge in [0.1, 0.15) is 0 Å². The largest absolute Gasteiger partial charge is 0.386 e. The average molecular weight is 188 g/mol. The van der Waals surface area contributed by atoms with Gasteiger partial charge in [0.05, 0.1) is 11.4 Å². The lowest BCUT2D eigenvalue weighted by atomic mass is 10.1. The molecule has 2 heteroatoms. The number of allylic oxidation sites excluding steroid dienone is 2. The van der Waals surface area contributed by atoms with Crippen molar-refractivity contribution < 1.29 is 0 Å². The zero-order valence-corrected chi connectivity index (χ0v) is 8.67. The van der Waals surface area contributed by atoms with Crippen LogP contribution in [0.3, 0.4) is 0 Å². The molecule has 0 aliphatic heterocycles. The van der Waals surface area contributed by atoms with E-state index < -0.39 is 0 Å². The molecule has 0 fully saturated rings. The van der Waals surface area contributed by atoms with Gasteiger partial charge in [0.25, 0.3) is 0 Å². The second-order valence-corrected chi connectivity index (χ2v) is 2.90. The van der Waals surface area contributed by atoms with E-state index in [-0.39, 0.29) is 0 Å². The molecule has 2 N–H and O–H groups in total. The number of hydrogen-bond donors (Lipinski definition) is 2. The summed E-state index contributed by atoms with van der Waals surface area (Å²) in [5.41, 5.74) is 3.36. The van der Waals surface area contributed by atoms with Crippen LogP contribution in [0.5, 0.6) is 0 Å². The topological polar surface area (TPSA) is 24.1 Å². The lowest BCUT2D eigenvalue weighted by Crippen LogP contribution is -1.96. The van der Waals surface area contributed by atoms with Gasteiger partial charge in [-0.05, 0) is 17.7 Å². The molecule has 14 heavy (non-hydrogen) atoms. The first-order chi connectivity index (χ1) is 6.81. The van der Waals surface area contributed by atoms with Crippen LogP contribution in [-0.4, -0.2) is 14.1 Å². The fourth-order valence-corrected chi connectivity index (χ4v) is 1.27. The summed E-state index contributed by atoms with van der Waals surface area (Å²) in [6.45, 7) is 3.64. The van der Waals surface area contributed by atoms with Crippen molar-refractivity contribution in [1.82, 2.24) is 0 Å². The van der Waals surface area contributed by atoms with Crippen LogP contribution in [0, 0.1) is 0 Å². The van der Waals surface area contributed by atoms with Crippen LogP contribution in [0.15, 0.2) is 36.9 Å². The molecule has 0 aliphatic carbocycles. The van der Waals surface area contributed by atoms with E-state index >= 15 is 0 Å². The van der Waals surface area contributed by atoms with Crippen molar-refractivity contribution in [3.8, 4) is 0 Å². The first kappa shape index (κ1) is 10.4. The summed E-state index contributed by atoms with van der Waals surface area (Å²) in [7, 11) is 3.83. The van der Waals surface area contributed by atoms with Crippen LogP contribution in [0.2, 0.25) is 0 Å². The minimum absolute atomic E-state index is 1.10. The van der Waals surface area contributed by atoms with Gasteiger partial charge in [0.2, 0.25) is 0 Å². The van der Waals surface area contributed by atoms with Crippen molar-refractivity contribution in [1.29, 1.82) is 0 Å². The molecule has 0 bridgehead atoms. The third kappa shape index (κ3) is 2.39. The van der Waals surface area contributed by atoms with E-state index in [9.17, 15) is 0 Å². The summed E-state index contributed by atoms with van der Waals surface area (Å²) in [6, 6.07) is 6.20. The molecule has 0 radical (unpaired) electrons. The van der Waals surface area contributed by atoms with Gasteiger partial charge in [-0.15, -0.1) is 0 Å². The first-order valence-electron chi connectivity index (χ1n) is 4.60. The summed E-state index contributed by atoms with van der Waals surface area (Å²) in [4.78, 5) is 0. The second kappa shape index (κ2) is 5.12. The van der Waals surface area contributed by atoms with Crippen LogP contribution in [0.1, 0.15) is 5.56 Å². The van der Waals surface area contributed by atoms with Crippen molar-refractivity contribution in [3.63, 3.8) is 0 Å². The van der Waals surface area contributed by atoms with E-state index in [0.717, 1.165) is 16.9 Å². The van der Waals surface area contributed by atoms with Crippen LogP contribution in [-0.2, 0) is 0 Å². The van der Waals surface area contributed by atoms with Gasteiger partial charge in [-0.25, -0.2) is 0 Å². The quantitative estimate of drug-likeness (QED) is 0.710. The Hall–Kier alpha value is -1.70. The molecule has 0 unspecified atom stereocenters. The molecule has 1 aromatic carbocycles. The van der Waals surface area contributed by atoms with Crippen LogP contribution < -0.4 is 10.6 Å². The molecule has 0 saturated heterocycles. The normalized spacial score (nSPS) is 10.1. The van der Waals surface area contributed by atoms with E-state index in [1.54, 1.807) is 6.08 Å². The molecule has 2 nitrogen and oxygen atoms in total. The zero-order valence-electron chi connectivity index (χ0n) is 8.67. The lowest BCUT2D eigenvalue weighted by molar-refractivity contribution is 1.44. The van der Waals surface area contributed by atoms with Gasteiger partial charge in [-0.3, -0.25) is 0 Å². The highest BCUT2D eigenvalue weighted by Gasteiger charge is 1.97. The molecular formula is C12H16N2. The molecule has 0 aromatic heterocycles. The van der Waals surface area contributed by atoms with Crippen molar-refractivity contribution >= 4 is 17.5 Å². The Labute approximate surface area is 85.3 Å². The van der Waals surface area contributed by atoms with Crippen molar-refractivity contribution in [3.05, 3.63) is 42.5 Å². The standard InChI is InChI=1S/C12H16N2/c1-4-5-6-10-7-8-11(13-2)12(9-10)14-3/h4-9,13-14H,1H2,2-3H3. The maximum absolute atomic E-state index is 3.64. The number of benzene rings is 1. The average Bonchev–Trinajstić information content (AvgIpc) is 2.25. The van der Waals surface area contributed by atoms with E-state index in [0.29, 0.717) is 0 Å². The number of rotatable bonds is 4. The summed E-state index contributed by atoms with van der Waals surface area (Å²) in [5.74, 6) is 0. The summed E-state index contributed by atoms with van der Waals surface area (Å²) >= 11 is 0. The summed E-state index contributed by atoms with van der Waals surface area (Å²) < 4.78 is 0. The highest BCUT2D eigenvalue weighted by atomic mass is 14.9. The first-order valence-corrected chi connectivity index (χ1v) is 4.60. The Balaban J connectivity index is 3.00. The van der Waals surface area contributed by atoms with Gasteiger partial charge in [0.15, 0.2) is 0 Å². The smallest absolute Gasteiger partial charge is 0.0579 e. The maximum Gasteiger partial charge on any atom is 0.0579 e. The monoisotopic (exact) mass is 188 g/mol. The third-order valence-corrected chi connectivity index (χ3v) is 2.01. The molecule has 1 rings (SSSR count). The van der Waals surface area contributed by atoms with Crippen molar-refractivity contribution in [2.24, 2.45) is 0 Å². The van der Waals surface area contributed by atoms with Crippen molar-refractivity contribution in [2.75, 3.05) is 24.7 Å². The van der Waals surface area contributed by atoms with Crippen LogP contribution in [0.25, 0.3) is 6.08 Å². The van der Waals surface area contributed by atoms with Crippen molar-refractivity contribution in [2.45, 2.75) is 0 Å². The molecule has 74 valence electrons. The van der Waals surface area contributed by atoms with E-state index in [2.05, 4.69) is 35.4 Å². The molecule has 0 atom stereocenters. The SMILES string of the molecule is C=CC=Cc1ccc(NC)c(NC)c1. The Morgan fingerprint density at radius 1 is 1.14 bits per heavy atom. The molecule has 0 heterocycles. The van der Waals surface area contributed by atoms with Gasteiger partial charge in [-0.2, -0.15) is 0 Å². The fourth-order valence-electron chi connectivity index (χ4n) is 1.27. The second-order valence-electron chi connectivity index (χ2n) is 2.90. The minimum atomic E-state index is 1.10. The lowest BCUT2D eigenvalue weighted by Gasteiger charge is -2.08. The van der Waals surface area contributed by atoms with Gasteiger partial charge >= 0.3 is 0 Å². The Morgan fingerprint density at radius 3 is 2.43 bits per heavy atom. The van der Waals surface area contributed by atoms with Crippen LogP contribution >= 0.6 is 0 Å². The maximum atomic E-state index is 3.64. The highest BCUT2D eigenvalue weighted by Crippen LogP contribution is 2.22. The van der Waals surface area contributed by atoms with Gasteiger partial charge in [0, 0.05) is 14.1 Å². The third-order valence-electron chi connectivity index (χ3n) is 2.01.